The molecule has 1 aromatic heterocycles. The molecule has 0 aliphatic heterocycles. The second kappa shape index (κ2) is 10.3. The summed E-state index contributed by atoms with van der Waals surface area (Å²) >= 11 is 5.90. The van der Waals surface area contributed by atoms with E-state index in [9.17, 15) is 12.8 Å². The predicted octanol–water partition coefficient (Wildman–Crippen LogP) is 3.92. The van der Waals surface area contributed by atoms with Gasteiger partial charge < -0.3 is 14.8 Å². The van der Waals surface area contributed by atoms with Crippen molar-refractivity contribution in [2.24, 2.45) is 0 Å². The fourth-order valence-corrected chi connectivity index (χ4v) is 4.86. The number of hydrogen-bond acceptors (Lipinski definition) is 7. The number of aromatic nitrogens is 2. The summed E-state index contributed by atoms with van der Waals surface area (Å²) in [5.41, 5.74) is 1.21. The Bertz CT molecular complexity index is 1290. The van der Waals surface area contributed by atoms with Crippen LogP contribution in [-0.2, 0) is 10.2 Å². The summed E-state index contributed by atoms with van der Waals surface area (Å²) in [6.45, 7) is 0. The maximum absolute atomic E-state index is 13.5. The second-order valence-corrected chi connectivity index (χ2v) is 9.97. The van der Waals surface area contributed by atoms with E-state index in [0.29, 0.717) is 59.6 Å². The molecule has 1 aliphatic rings. The minimum atomic E-state index is -3.48. The number of fused-ring (bicyclic) bond motifs is 1. The highest BCUT2D eigenvalue weighted by atomic mass is 35.5. The highest BCUT2D eigenvalue weighted by molar-refractivity contribution is 7.87. The lowest BCUT2D eigenvalue weighted by Gasteiger charge is -2.29. The van der Waals surface area contributed by atoms with Gasteiger partial charge in [0.15, 0.2) is 11.5 Å². The molecule has 1 heterocycles. The average Bonchev–Trinajstić information content (AvgIpc) is 2.82. The number of methoxy groups -OCH3 is 1. The van der Waals surface area contributed by atoms with Crippen LogP contribution < -0.4 is 24.2 Å². The Morgan fingerprint density at radius 3 is 2.53 bits per heavy atom. The molecule has 0 amide bonds. The van der Waals surface area contributed by atoms with Gasteiger partial charge in [-0.2, -0.15) is 13.1 Å². The lowest BCUT2D eigenvalue weighted by Crippen LogP contribution is -2.44. The normalized spacial score (nSPS) is 18.6. The van der Waals surface area contributed by atoms with Gasteiger partial charge in [-0.15, -0.1) is 0 Å². The Morgan fingerprint density at radius 2 is 1.85 bits per heavy atom. The van der Waals surface area contributed by atoms with Gasteiger partial charge in [-0.1, -0.05) is 11.6 Å². The molecule has 0 saturated heterocycles. The molecule has 0 spiro atoms. The topological polar surface area (TPSA) is 114 Å². The Morgan fingerprint density at radius 1 is 1.09 bits per heavy atom. The largest absolute Gasteiger partial charge is 0.493 e. The first-order valence-corrected chi connectivity index (χ1v) is 12.6. The monoisotopic (exact) mass is 509 g/mol. The number of halogens is 2. The zero-order valence-corrected chi connectivity index (χ0v) is 20.2. The van der Waals surface area contributed by atoms with Gasteiger partial charge in [-0.25, -0.2) is 19.1 Å². The summed E-state index contributed by atoms with van der Waals surface area (Å²) in [6.07, 6.45) is 4.00. The molecule has 182 valence electrons. The minimum absolute atomic E-state index is 0.00154. The average molecular weight is 510 g/mol. The number of benzene rings is 2. The van der Waals surface area contributed by atoms with Crippen molar-refractivity contribution in [1.82, 2.24) is 19.4 Å². The minimum Gasteiger partial charge on any atom is -0.493 e. The van der Waals surface area contributed by atoms with Crippen LogP contribution in [0.1, 0.15) is 25.7 Å². The smallest absolute Gasteiger partial charge is 0.276 e. The first-order chi connectivity index (χ1) is 16.3. The number of rotatable bonds is 8. The van der Waals surface area contributed by atoms with Gasteiger partial charge in [0, 0.05) is 30.2 Å². The Balaban J connectivity index is 1.54. The van der Waals surface area contributed by atoms with Crippen LogP contribution in [0.4, 0.5) is 15.9 Å². The van der Waals surface area contributed by atoms with Crippen molar-refractivity contribution < 1.29 is 22.3 Å². The SMILES string of the molecule is CNS(=O)(=O)NC1CCC(Oc2cc3c(Nc4ccc(F)c(Cl)c4)ncnc3cc2OC)CC1. The first kappa shape index (κ1) is 24.4. The van der Waals surface area contributed by atoms with E-state index in [-0.39, 0.29) is 17.2 Å². The van der Waals surface area contributed by atoms with E-state index in [1.807, 2.05) is 0 Å². The van der Waals surface area contributed by atoms with Gasteiger partial charge >= 0.3 is 0 Å². The molecule has 2 aromatic carbocycles. The molecule has 1 saturated carbocycles. The highest BCUT2D eigenvalue weighted by Gasteiger charge is 2.26. The maximum Gasteiger partial charge on any atom is 0.276 e. The molecule has 0 bridgehead atoms. The third-order valence-electron chi connectivity index (χ3n) is 5.66. The molecule has 1 aliphatic carbocycles. The van der Waals surface area contributed by atoms with Crippen molar-refractivity contribution in [2.45, 2.75) is 37.8 Å². The zero-order chi connectivity index (χ0) is 24.3. The Labute approximate surface area is 202 Å². The van der Waals surface area contributed by atoms with Crippen molar-refractivity contribution in [2.75, 3.05) is 19.5 Å². The van der Waals surface area contributed by atoms with Crippen molar-refractivity contribution in [3.8, 4) is 11.5 Å². The zero-order valence-electron chi connectivity index (χ0n) is 18.6. The van der Waals surface area contributed by atoms with Crippen LogP contribution in [0.3, 0.4) is 0 Å². The second-order valence-electron chi connectivity index (χ2n) is 7.91. The number of hydrogen-bond donors (Lipinski definition) is 3. The molecule has 12 heteroatoms. The van der Waals surface area contributed by atoms with E-state index in [2.05, 4.69) is 24.7 Å². The molecule has 1 fully saturated rings. The van der Waals surface area contributed by atoms with Gasteiger partial charge in [0.1, 0.15) is 18.0 Å². The molecule has 4 rings (SSSR count). The van der Waals surface area contributed by atoms with E-state index in [1.54, 1.807) is 25.3 Å². The van der Waals surface area contributed by atoms with E-state index in [0.717, 1.165) is 0 Å². The molecule has 0 radical (unpaired) electrons. The van der Waals surface area contributed by atoms with E-state index in [4.69, 9.17) is 21.1 Å². The fraction of sp³-hybridized carbons (Fsp3) is 0.364. The van der Waals surface area contributed by atoms with Crippen molar-refractivity contribution in [1.29, 1.82) is 0 Å². The van der Waals surface area contributed by atoms with E-state index in [1.165, 1.54) is 25.5 Å². The summed E-state index contributed by atoms with van der Waals surface area (Å²) < 4.78 is 53.7. The van der Waals surface area contributed by atoms with Crippen LogP contribution in [0.2, 0.25) is 5.02 Å². The lowest BCUT2D eigenvalue weighted by molar-refractivity contribution is 0.139. The van der Waals surface area contributed by atoms with Gasteiger partial charge in [-0.05, 0) is 49.9 Å². The third kappa shape index (κ3) is 5.66. The summed E-state index contributed by atoms with van der Waals surface area (Å²) in [7, 11) is -0.548. The number of ether oxygens (including phenoxy) is 2. The summed E-state index contributed by atoms with van der Waals surface area (Å²) in [4.78, 5) is 8.64. The van der Waals surface area contributed by atoms with Crippen molar-refractivity contribution in [3.63, 3.8) is 0 Å². The van der Waals surface area contributed by atoms with Gasteiger partial charge in [-0.3, -0.25) is 0 Å². The van der Waals surface area contributed by atoms with E-state index >= 15 is 0 Å². The van der Waals surface area contributed by atoms with Crippen LogP contribution in [0.25, 0.3) is 10.9 Å². The summed E-state index contributed by atoms with van der Waals surface area (Å²) in [5, 5.41) is 3.84. The Kier molecular flexibility index (Phi) is 7.36. The molecule has 3 aromatic rings. The van der Waals surface area contributed by atoms with Crippen LogP contribution in [-0.4, -0.2) is 44.7 Å². The number of nitrogens with one attached hydrogen (secondary N) is 3. The molecular weight excluding hydrogens is 485 g/mol. The Hall–Kier alpha value is -2.73. The number of anilines is 2. The number of nitrogens with zero attached hydrogens (tertiary/aromatic N) is 2. The van der Waals surface area contributed by atoms with Crippen LogP contribution >= 0.6 is 11.6 Å². The van der Waals surface area contributed by atoms with Crippen molar-refractivity contribution >= 4 is 44.2 Å². The first-order valence-electron chi connectivity index (χ1n) is 10.7. The lowest BCUT2D eigenvalue weighted by atomic mass is 9.93. The quantitative estimate of drug-likeness (QED) is 0.421. The van der Waals surface area contributed by atoms with Gasteiger partial charge in [0.05, 0.1) is 23.8 Å². The van der Waals surface area contributed by atoms with Crippen molar-refractivity contribution in [3.05, 3.63) is 47.5 Å². The molecule has 3 N–H and O–H groups in total. The maximum atomic E-state index is 13.5. The van der Waals surface area contributed by atoms with Gasteiger partial charge in [0.25, 0.3) is 10.2 Å². The summed E-state index contributed by atoms with van der Waals surface area (Å²) in [6, 6.07) is 7.75. The van der Waals surface area contributed by atoms with Crippen LogP contribution in [0.5, 0.6) is 11.5 Å². The molecule has 0 unspecified atom stereocenters. The molecular formula is C22H25ClFN5O4S. The third-order valence-corrected chi connectivity index (χ3v) is 7.13. The van der Waals surface area contributed by atoms with E-state index < -0.39 is 16.0 Å². The molecule has 9 nitrogen and oxygen atoms in total. The van der Waals surface area contributed by atoms with Crippen LogP contribution in [0.15, 0.2) is 36.7 Å². The standard InChI is InChI=1S/C22H25ClFN5O4S/c1-25-34(30,31)29-13-3-6-15(7-4-13)33-21-10-16-19(11-20(21)32-2)26-12-27-22(16)28-14-5-8-18(24)17(23)9-14/h5,8-13,15,25,29H,3-4,6-7H2,1-2H3,(H,26,27,28). The predicted molar refractivity (Wildman–Crippen MR) is 129 cm³/mol. The molecule has 34 heavy (non-hydrogen) atoms. The molecule has 0 atom stereocenters. The highest BCUT2D eigenvalue weighted by Crippen LogP contribution is 2.37. The van der Waals surface area contributed by atoms with Crippen LogP contribution in [0, 0.1) is 5.82 Å². The summed E-state index contributed by atoms with van der Waals surface area (Å²) in [5.74, 6) is 1.06. The van der Waals surface area contributed by atoms with Gasteiger partial charge in [0.2, 0.25) is 0 Å². The fourth-order valence-electron chi connectivity index (χ4n) is 3.88.